The van der Waals surface area contributed by atoms with Crippen molar-refractivity contribution in [1.29, 1.82) is 0 Å². The molecule has 1 aliphatic rings. The summed E-state index contributed by atoms with van der Waals surface area (Å²) in [6.45, 7) is 0. The average Bonchev–Trinajstić information content (AvgIpc) is 3.53. The molecule has 2 heterocycles. The summed E-state index contributed by atoms with van der Waals surface area (Å²) in [5.74, 6) is 2.40. The number of ether oxygens (including phenoxy) is 2. The zero-order chi connectivity index (χ0) is 20.3. The Bertz CT molecular complexity index is 1170. The van der Waals surface area contributed by atoms with Gasteiger partial charge in [0.1, 0.15) is 5.82 Å². The number of para-hydroxylation sites is 3. The molecule has 0 atom stereocenters. The minimum atomic E-state index is 0.258. The van der Waals surface area contributed by atoms with Gasteiger partial charge in [-0.25, -0.2) is 9.97 Å². The lowest BCUT2D eigenvalue weighted by atomic mass is 10.1. The molecule has 1 fully saturated rings. The molecular formula is C24H23N3O2S. The molecule has 2 aromatic carbocycles. The van der Waals surface area contributed by atoms with E-state index in [4.69, 9.17) is 14.5 Å². The number of fused-ring (bicyclic) bond motifs is 1. The Morgan fingerprint density at radius 3 is 2.73 bits per heavy atom. The smallest absolute Gasteiger partial charge is 0.195 e. The zero-order valence-corrected chi connectivity index (χ0v) is 17.6. The van der Waals surface area contributed by atoms with Crippen LogP contribution in [-0.2, 0) is 0 Å². The first-order valence-corrected chi connectivity index (χ1v) is 11.1. The highest BCUT2D eigenvalue weighted by molar-refractivity contribution is 7.12. The van der Waals surface area contributed by atoms with Crippen molar-refractivity contribution in [2.24, 2.45) is 0 Å². The Labute approximate surface area is 179 Å². The summed E-state index contributed by atoms with van der Waals surface area (Å²) in [6, 6.07) is 14.1. The summed E-state index contributed by atoms with van der Waals surface area (Å²) in [4.78, 5) is 9.33. The summed E-state index contributed by atoms with van der Waals surface area (Å²) in [7, 11) is 1.69. The third kappa shape index (κ3) is 3.59. The molecule has 4 aromatic rings. The van der Waals surface area contributed by atoms with Crippen LogP contribution in [0.3, 0.4) is 0 Å². The van der Waals surface area contributed by atoms with Crippen LogP contribution in [0.5, 0.6) is 11.5 Å². The fourth-order valence-electron chi connectivity index (χ4n) is 3.97. The lowest BCUT2D eigenvalue weighted by Gasteiger charge is -2.18. The van der Waals surface area contributed by atoms with Gasteiger partial charge >= 0.3 is 0 Å². The minimum Gasteiger partial charge on any atom is -0.493 e. The van der Waals surface area contributed by atoms with Crippen LogP contribution < -0.4 is 9.47 Å². The fraction of sp³-hybridized carbons (Fsp3) is 0.250. The molecular weight excluding hydrogens is 394 g/mol. The van der Waals surface area contributed by atoms with Crippen molar-refractivity contribution in [1.82, 2.24) is 14.5 Å². The standard InChI is InChI=1S/C24H23N3O2S/c1-28-21-12-6-7-17(23(21)29-18-8-2-3-9-18)13-14-22-26-19-10-4-5-11-20(19)27(22)24-25-15-16-30-24/h4-7,10-16,18H,2-3,8-9H2,1H3. The first-order chi connectivity index (χ1) is 14.8. The van der Waals surface area contributed by atoms with Gasteiger partial charge in [-0.3, -0.25) is 4.57 Å². The predicted molar refractivity (Wildman–Crippen MR) is 122 cm³/mol. The van der Waals surface area contributed by atoms with E-state index in [1.54, 1.807) is 18.4 Å². The molecule has 0 spiro atoms. The van der Waals surface area contributed by atoms with Crippen molar-refractivity contribution < 1.29 is 9.47 Å². The van der Waals surface area contributed by atoms with Gasteiger partial charge in [-0.15, -0.1) is 11.3 Å². The Hall–Kier alpha value is -3.12. The molecule has 0 aliphatic heterocycles. The van der Waals surface area contributed by atoms with Gasteiger partial charge in [0.25, 0.3) is 0 Å². The lowest BCUT2D eigenvalue weighted by molar-refractivity contribution is 0.200. The maximum Gasteiger partial charge on any atom is 0.195 e. The minimum absolute atomic E-state index is 0.258. The molecule has 0 saturated heterocycles. The Morgan fingerprint density at radius 2 is 1.93 bits per heavy atom. The van der Waals surface area contributed by atoms with Gasteiger partial charge in [-0.2, -0.15) is 0 Å². The van der Waals surface area contributed by atoms with Crippen LogP contribution in [0.25, 0.3) is 28.3 Å². The van der Waals surface area contributed by atoms with E-state index in [9.17, 15) is 0 Å². The van der Waals surface area contributed by atoms with Crippen molar-refractivity contribution in [2.75, 3.05) is 7.11 Å². The van der Waals surface area contributed by atoms with E-state index in [0.717, 1.165) is 51.9 Å². The number of aromatic nitrogens is 3. The van der Waals surface area contributed by atoms with E-state index >= 15 is 0 Å². The number of hydrogen-bond acceptors (Lipinski definition) is 5. The van der Waals surface area contributed by atoms with Gasteiger partial charge in [0, 0.05) is 17.1 Å². The van der Waals surface area contributed by atoms with E-state index in [0.29, 0.717) is 0 Å². The average molecular weight is 418 g/mol. The van der Waals surface area contributed by atoms with Crippen LogP contribution >= 0.6 is 11.3 Å². The second-order valence-corrected chi connectivity index (χ2v) is 8.22. The molecule has 1 saturated carbocycles. The molecule has 6 heteroatoms. The Balaban J connectivity index is 1.56. The van der Waals surface area contributed by atoms with Crippen molar-refractivity contribution in [3.05, 3.63) is 65.4 Å². The molecule has 0 N–H and O–H groups in total. The highest BCUT2D eigenvalue weighted by Crippen LogP contribution is 2.36. The second-order valence-electron chi connectivity index (χ2n) is 7.35. The highest BCUT2D eigenvalue weighted by Gasteiger charge is 2.20. The maximum atomic E-state index is 6.36. The summed E-state index contributed by atoms with van der Waals surface area (Å²) in [5, 5.41) is 2.88. The maximum absolute atomic E-state index is 6.36. The first kappa shape index (κ1) is 18.9. The molecule has 30 heavy (non-hydrogen) atoms. The van der Waals surface area contributed by atoms with Gasteiger partial charge in [-0.1, -0.05) is 24.3 Å². The van der Waals surface area contributed by atoms with E-state index < -0.39 is 0 Å². The van der Waals surface area contributed by atoms with Crippen molar-refractivity contribution in [3.63, 3.8) is 0 Å². The summed E-state index contributed by atoms with van der Waals surface area (Å²) < 4.78 is 14.0. The Kier molecular flexibility index (Phi) is 5.24. The molecule has 152 valence electrons. The van der Waals surface area contributed by atoms with Gasteiger partial charge in [0.05, 0.1) is 24.2 Å². The molecule has 5 rings (SSSR count). The van der Waals surface area contributed by atoms with E-state index in [1.165, 1.54) is 12.8 Å². The van der Waals surface area contributed by atoms with E-state index in [1.807, 2.05) is 48.0 Å². The fourth-order valence-corrected chi connectivity index (χ4v) is 4.63. The van der Waals surface area contributed by atoms with E-state index in [2.05, 4.69) is 27.8 Å². The van der Waals surface area contributed by atoms with Gasteiger partial charge in [0.15, 0.2) is 16.6 Å². The molecule has 5 nitrogen and oxygen atoms in total. The van der Waals surface area contributed by atoms with Crippen LogP contribution in [0.2, 0.25) is 0 Å². The predicted octanol–water partition coefficient (Wildman–Crippen LogP) is 5.98. The number of thiazole rings is 1. The third-order valence-electron chi connectivity index (χ3n) is 5.43. The lowest BCUT2D eigenvalue weighted by Crippen LogP contribution is -2.12. The number of imidazole rings is 1. The normalized spacial score (nSPS) is 14.7. The highest BCUT2D eigenvalue weighted by atomic mass is 32.1. The van der Waals surface area contributed by atoms with Crippen LogP contribution in [-0.4, -0.2) is 27.7 Å². The van der Waals surface area contributed by atoms with Crippen LogP contribution in [0.4, 0.5) is 0 Å². The number of hydrogen-bond donors (Lipinski definition) is 0. The monoisotopic (exact) mass is 417 g/mol. The number of rotatable bonds is 6. The van der Waals surface area contributed by atoms with Crippen LogP contribution in [0.15, 0.2) is 54.0 Å². The number of nitrogens with zero attached hydrogens (tertiary/aromatic N) is 3. The largest absolute Gasteiger partial charge is 0.493 e. The summed E-state index contributed by atoms with van der Waals surface area (Å²) >= 11 is 1.60. The van der Waals surface area contributed by atoms with E-state index in [-0.39, 0.29) is 6.10 Å². The Morgan fingerprint density at radius 1 is 1.07 bits per heavy atom. The number of methoxy groups -OCH3 is 1. The summed E-state index contributed by atoms with van der Waals surface area (Å²) in [5.41, 5.74) is 2.97. The molecule has 2 aromatic heterocycles. The topological polar surface area (TPSA) is 49.2 Å². The SMILES string of the molecule is COc1cccc(C=Cc2nc3ccccc3n2-c2nccs2)c1OC1CCCC1. The zero-order valence-electron chi connectivity index (χ0n) is 16.8. The van der Waals surface area contributed by atoms with Gasteiger partial charge in [0.2, 0.25) is 0 Å². The van der Waals surface area contributed by atoms with Crippen molar-refractivity contribution in [2.45, 2.75) is 31.8 Å². The van der Waals surface area contributed by atoms with Gasteiger partial charge < -0.3 is 9.47 Å². The summed E-state index contributed by atoms with van der Waals surface area (Å²) in [6.07, 6.45) is 10.8. The first-order valence-electron chi connectivity index (χ1n) is 10.2. The van der Waals surface area contributed by atoms with Crippen molar-refractivity contribution >= 4 is 34.5 Å². The molecule has 0 amide bonds. The van der Waals surface area contributed by atoms with Gasteiger partial charge in [-0.05, 0) is 56.0 Å². The van der Waals surface area contributed by atoms with Crippen molar-refractivity contribution in [3.8, 4) is 16.6 Å². The molecule has 1 aliphatic carbocycles. The van der Waals surface area contributed by atoms with Crippen LogP contribution in [0.1, 0.15) is 37.1 Å². The van der Waals surface area contributed by atoms with Crippen LogP contribution in [0, 0.1) is 0 Å². The second kappa shape index (κ2) is 8.32. The quantitative estimate of drug-likeness (QED) is 0.387. The molecule has 0 unspecified atom stereocenters. The number of benzene rings is 2. The molecule has 0 bridgehead atoms. The molecule has 0 radical (unpaired) electrons. The third-order valence-corrected chi connectivity index (χ3v) is 6.18.